The lowest BCUT2D eigenvalue weighted by molar-refractivity contribution is -0.150. The number of ether oxygens (including phenoxy) is 1. The fourth-order valence-corrected chi connectivity index (χ4v) is 7.35. The number of hydrogen-bond acceptors (Lipinski definition) is 11. The maximum Gasteiger partial charge on any atom is 0.326 e. The molecule has 260 valence electrons. The molecule has 3 N–H and O–H groups in total. The third-order valence-corrected chi connectivity index (χ3v) is 10.2. The Labute approximate surface area is 310 Å². The smallest absolute Gasteiger partial charge is 0.326 e. The van der Waals surface area contributed by atoms with Crippen LogP contribution in [0, 0.1) is 22.7 Å². The molecule has 15 heteroatoms. The van der Waals surface area contributed by atoms with Crippen LogP contribution in [0.4, 0.5) is 5.82 Å². The van der Waals surface area contributed by atoms with Crippen molar-refractivity contribution in [3.05, 3.63) is 75.8 Å². The van der Waals surface area contributed by atoms with Crippen LogP contribution in [0.15, 0.2) is 58.9 Å². The zero-order valence-electron chi connectivity index (χ0n) is 27.3. The SMILES string of the molecule is C[C@H](N)C(=O)N(CCOc1ccc(-c2c(C#N)c(SCc3csc(-c4ccc(Cl)cc4)n3)nc(N3CCCC3)c2C#N)cc1)[C@@H](C)C(=O)O.Cl. The standard InChI is InChI=1S/C35H34ClN7O4S2.ClH/c1-21(39)34(44)43(22(2)35(45)46)15-16-47-27-11-7-23(8-12-27)30-28(17-37)31(42-13-3-4-14-42)41-33(29(30)18-38)49-20-26-19-48-32(40-26)24-5-9-25(36)10-6-24;/h5-12,19,21-22H,3-4,13-16,20,39H2,1-2H3,(H,45,46);1H/t21-,22-;/m0./s1. The zero-order chi connectivity index (χ0) is 35.1. The van der Waals surface area contributed by atoms with Crippen LogP contribution in [0.5, 0.6) is 5.75 Å². The fraction of sp³-hybridized carbons (Fsp3) is 0.314. The third kappa shape index (κ3) is 8.85. The minimum atomic E-state index is -1.14. The van der Waals surface area contributed by atoms with E-state index in [4.69, 9.17) is 32.0 Å². The number of carbonyl (C=O) groups is 2. The van der Waals surface area contributed by atoms with Gasteiger partial charge in [0.1, 0.15) is 52.0 Å². The Balaban J connectivity index is 0.00000562. The van der Waals surface area contributed by atoms with Crippen LogP contribution < -0.4 is 15.4 Å². The number of nitrogens with two attached hydrogens (primary N) is 1. The largest absolute Gasteiger partial charge is 0.492 e. The van der Waals surface area contributed by atoms with Gasteiger partial charge in [-0.15, -0.1) is 23.7 Å². The van der Waals surface area contributed by atoms with Crippen LogP contribution in [0.2, 0.25) is 5.02 Å². The number of amides is 1. The van der Waals surface area contributed by atoms with Crippen molar-refractivity contribution >= 4 is 64.8 Å². The first-order valence-electron chi connectivity index (χ1n) is 15.6. The van der Waals surface area contributed by atoms with Crippen molar-refractivity contribution in [2.75, 3.05) is 31.1 Å². The number of aromatic nitrogens is 2. The number of thioether (sulfide) groups is 1. The van der Waals surface area contributed by atoms with Gasteiger partial charge in [0.2, 0.25) is 5.91 Å². The Morgan fingerprint density at radius 3 is 2.30 bits per heavy atom. The van der Waals surface area contributed by atoms with Gasteiger partial charge in [-0.3, -0.25) is 4.79 Å². The van der Waals surface area contributed by atoms with E-state index in [0.717, 1.165) is 42.2 Å². The summed E-state index contributed by atoms with van der Waals surface area (Å²) in [5.41, 5.74) is 9.33. The molecule has 0 spiro atoms. The summed E-state index contributed by atoms with van der Waals surface area (Å²) in [6, 6.07) is 17.2. The molecule has 2 aromatic heterocycles. The molecule has 5 rings (SSSR count). The molecule has 2 atom stereocenters. The van der Waals surface area contributed by atoms with Crippen LogP contribution in [-0.4, -0.2) is 70.2 Å². The molecule has 1 fully saturated rings. The maximum atomic E-state index is 12.5. The lowest BCUT2D eigenvalue weighted by Gasteiger charge is -2.28. The van der Waals surface area contributed by atoms with E-state index in [9.17, 15) is 25.2 Å². The van der Waals surface area contributed by atoms with Gasteiger partial charge >= 0.3 is 5.97 Å². The summed E-state index contributed by atoms with van der Waals surface area (Å²) in [4.78, 5) is 37.0. The Kier molecular flexibility index (Phi) is 13.5. The molecule has 0 saturated carbocycles. The molecule has 2 aromatic carbocycles. The topological polar surface area (TPSA) is 169 Å². The summed E-state index contributed by atoms with van der Waals surface area (Å²) in [5.74, 6) is -0.119. The molecule has 1 aliphatic heterocycles. The number of halogens is 2. The first-order chi connectivity index (χ1) is 23.6. The Bertz CT molecular complexity index is 1900. The predicted octanol–water partition coefficient (Wildman–Crippen LogP) is 6.61. The lowest BCUT2D eigenvalue weighted by Crippen LogP contribution is -2.50. The second kappa shape index (κ2) is 17.5. The molecule has 3 heterocycles. The van der Waals surface area contributed by atoms with Crippen LogP contribution in [0.25, 0.3) is 21.7 Å². The fourth-order valence-electron chi connectivity index (χ4n) is 5.42. The number of carbonyl (C=O) groups excluding carboxylic acids is 1. The number of nitrogens with zero attached hydrogens (tertiary/aromatic N) is 6. The minimum absolute atomic E-state index is 0. The van der Waals surface area contributed by atoms with E-state index in [0.29, 0.717) is 49.6 Å². The van der Waals surface area contributed by atoms with E-state index < -0.39 is 24.0 Å². The number of pyridine rings is 1. The number of carboxylic acids is 1. The summed E-state index contributed by atoms with van der Waals surface area (Å²) in [7, 11) is 0. The Morgan fingerprint density at radius 2 is 1.70 bits per heavy atom. The molecular formula is C35H35Cl2N7O4S2. The summed E-state index contributed by atoms with van der Waals surface area (Å²) in [6.45, 7) is 4.52. The van der Waals surface area contributed by atoms with Gasteiger partial charge in [0.15, 0.2) is 0 Å². The Morgan fingerprint density at radius 1 is 1.06 bits per heavy atom. The van der Waals surface area contributed by atoms with Crippen molar-refractivity contribution in [1.82, 2.24) is 14.9 Å². The summed E-state index contributed by atoms with van der Waals surface area (Å²) >= 11 is 8.99. The first-order valence-corrected chi connectivity index (χ1v) is 17.8. The van der Waals surface area contributed by atoms with Crippen molar-refractivity contribution < 1.29 is 19.4 Å². The van der Waals surface area contributed by atoms with Gasteiger partial charge in [-0.1, -0.05) is 47.6 Å². The molecule has 0 bridgehead atoms. The van der Waals surface area contributed by atoms with E-state index >= 15 is 0 Å². The molecule has 1 saturated heterocycles. The van der Waals surface area contributed by atoms with Gasteiger partial charge in [0.05, 0.1) is 23.8 Å². The average Bonchev–Trinajstić information content (AvgIpc) is 3.82. The number of carboxylic acid groups (broad SMARTS) is 1. The van der Waals surface area contributed by atoms with E-state index in [1.165, 1.54) is 41.8 Å². The molecular weight excluding hydrogens is 717 g/mol. The molecule has 11 nitrogen and oxygen atoms in total. The van der Waals surface area contributed by atoms with Crippen LogP contribution in [0.1, 0.15) is 43.5 Å². The highest BCUT2D eigenvalue weighted by Crippen LogP contribution is 2.40. The number of hydrogen-bond donors (Lipinski definition) is 2. The van der Waals surface area contributed by atoms with Gasteiger partial charge in [-0.2, -0.15) is 10.5 Å². The summed E-state index contributed by atoms with van der Waals surface area (Å²) in [6.07, 6.45) is 1.97. The summed E-state index contributed by atoms with van der Waals surface area (Å²) in [5, 5.41) is 34.3. The van der Waals surface area contributed by atoms with Crippen molar-refractivity contribution in [1.29, 1.82) is 10.5 Å². The lowest BCUT2D eigenvalue weighted by atomic mass is 9.96. The molecule has 1 aliphatic rings. The molecule has 4 aromatic rings. The molecule has 50 heavy (non-hydrogen) atoms. The number of aliphatic carboxylic acids is 1. The highest BCUT2D eigenvalue weighted by Gasteiger charge is 2.28. The van der Waals surface area contributed by atoms with Crippen molar-refractivity contribution in [2.45, 2.75) is 49.6 Å². The zero-order valence-corrected chi connectivity index (χ0v) is 30.5. The molecule has 0 unspecified atom stereocenters. The minimum Gasteiger partial charge on any atom is -0.492 e. The van der Waals surface area contributed by atoms with Gasteiger partial charge in [-0.05, 0) is 56.5 Å². The van der Waals surface area contributed by atoms with Crippen molar-refractivity contribution in [2.24, 2.45) is 5.73 Å². The Hall–Kier alpha value is -4.37. The average molecular weight is 753 g/mol. The first kappa shape index (κ1) is 38.4. The van der Waals surface area contributed by atoms with Crippen LogP contribution in [0.3, 0.4) is 0 Å². The van der Waals surface area contributed by atoms with Crippen molar-refractivity contribution in [3.63, 3.8) is 0 Å². The van der Waals surface area contributed by atoms with E-state index in [-0.39, 0.29) is 25.6 Å². The number of benzene rings is 2. The maximum absolute atomic E-state index is 12.5. The van der Waals surface area contributed by atoms with Crippen LogP contribution in [-0.2, 0) is 15.3 Å². The normalized spacial score (nSPS) is 13.4. The highest BCUT2D eigenvalue weighted by molar-refractivity contribution is 7.98. The number of anilines is 1. The molecule has 1 amide bonds. The van der Waals surface area contributed by atoms with E-state index in [1.54, 1.807) is 24.3 Å². The monoisotopic (exact) mass is 751 g/mol. The second-order valence-corrected chi connectivity index (χ2v) is 13.7. The number of thiazole rings is 1. The van der Waals surface area contributed by atoms with Gasteiger partial charge in [-0.25, -0.2) is 14.8 Å². The van der Waals surface area contributed by atoms with Crippen LogP contribution >= 0.6 is 47.1 Å². The number of nitriles is 2. The third-order valence-electron chi connectivity index (χ3n) is 8.02. The van der Waals surface area contributed by atoms with Crippen molar-refractivity contribution in [3.8, 4) is 39.6 Å². The molecule has 0 radical (unpaired) electrons. The summed E-state index contributed by atoms with van der Waals surface area (Å²) < 4.78 is 5.86. The highest BCUT2D eigenvalue weighted by atomic mass is 35.5. The molecule has 0 aliphatic carbocycles. The predicted molar refractivity (Wildman–Crippen MR) is 198 cm³/mol. The number of rotatable bonds is 13. The van der Waals surface area contributed by atoms with Gasteiger partial charge < -0.3 is 25.4 Å². The second-order valence-electron chi connectivity index (χ2n) is 11.4. The van der Waals surface area contributed by atoms with Gasteiger partial charge in [0, 0.05) is 40.4 Å². The van der Waals surface area contributed by atoms with E-state index in [2.05, 4.69) is 17.0 Å². The quantitative estimate of drug-likeness (QED) is 0.141. The van der Waals surface area contributed by atoms with Gasteiger partial charge in [0.25, 0.3) is 0 Å². The van der Waals surface area contributed by atoms with E-state index in [1.807, 2.05) is 29.6 Å².